The van der Waals surface area contributed by atoms with Crippen molar-refractivity contribution in [2.75, 3.05) is 20.2 Å². The third-order valence-corrected chi connectivity index (χ3v) is 5.35. The van der Waals surface area contributed by atoms with E-state index < -0.39 is 6.10 Å². The average molecular weight is 345 g/mol. The summed E-state index contributed by atoms with van der Waals surface area (Å²) in [7, 11) is 1.41. The number of likely N-dealkylation sites (tertiary alicyclic amines) is 1. The van der Waals surface area contributed by atoms with Crippen LogP contribution in [0.25, 0.3) is 0 Å². The van der Waals surface area contributed by atoms with E-state index in [1.165, 1.54) is 31.1 Å². The van der Waals surface area contributed by atoms with Gasteiger partial charge in [0.1, 0.15) is 5.75 Å². The van der Waals surface area contributed by atoms with Crippen LogP contribution in [-0.2, 0) is 27.2 Å². The summed E-state index contributed by atoms with van der Waals surface area (Å²) in [5.74, 6) is 0.581. The fourth-order valence-corrected chi connectivity index (χ4v) is 3.86. The minimum atomic E-state index is -0.511. The molecule has 5 heteroatoms. The van der Waals surface area contributed by atoms with Gasteiger partial charge in [0.15, 0.2) is 6.10 Å². The third-order valence-electron chi connectivity index (χ3n) is 5.35. The number of fused-ring (bicyclic) bond motifs is 1. The first kappa shape index (κ1) is 17.8. The molecule has 0 radical (unpaired) electrons. The summed E-state index contributed by atoms with van der Waals surface area (Å²) < 4.78 is 10.8. The highest BCUT2D eigenvalue weighted by Gasteiger charge is 2.30. The number of amides is 1. The van der Waals surface area contributed by atoms with Crippen molar-refractivity contribution in [1.29, 1.82) is 0 Å². The van der Waals surface area contributed by atoms with Gasteiger partial charge >= 0.3 is 5.97 Å². The molecule has 1 aromatic rings. The quantitative estimate of drug-likeness (QED) is 0.788. The Morgan fingerprint density at radius 2 is 1.88 bits per heavy atom. The number of aryl methyl sites for hydroxylation is 1. The van der Waals surface area contributed by atoms with Crippen LogP contribution < -0.4 is 4.74 Å². The number of ether oxygens (including phenoxy) is 2. The van der Waals surface area contributed by atoms with Gasteiger partial charge in [0.25, 0.3) is 5.91 Å². The van der Waals surface area contributed by atoms with Crippen LogP contribution in [0.4, 0.5) is 0 Å². The molecule has 1 aliphatic heterocycles. The molecule has 0 aromatic heterocycles. The summed E-state index contributed by atoms with van der Waals surface area (Å²) in [5.41, 5.74) is 2.61. The molecule has 25 heavy (non-hydrogen) atoms. The highest BCUT2D eigenvalue weighted by molar-refractivity contribution is 5.81. The van der Waals surface area contributed by atoms with Crippen LogP contribution in [0.15, 0.2) is 18.2 Å². The Kier molecular flexibility index (Phi) is 5.61. The maximum absolute atomic E-state index is 12.7. The topological polar surface area (TPSA) is 55.8 Å². The molecule has 1 atom stereocenters. The van der Waals surface area contributed by atoms with Crippen molar-refractivity contribution >= 4 is 11.9 Å². The standard InChI is InChI=1S/C20H27NO4/c1-14(19(22)21-12-10-16(11-13-21)20(23)24-2)25-18-9-5-7-15-6-3-4-8-17(15)18/h5,7,9,14,16H,3-4,6,8,10-13H2,1-2H3/t14-/m0/s1. The fourth-order valence-electron chi connectivity index (χ4n) is 3.86. The van der Waals surface area contributed by atoms with Crippen molar-refractivity contribution < 1.29 is 19.1 Å². The Bertz CT molecular complexity index is 635. The predicted octanol–water partition coefficient (Wildman–Crippen LogP) is 2.74. The van der Waals surface area contributed by atoms with Gasteiger partial charge in [-0.25, -0.2) is 0 Å². The first-order chi connectivity index (χ1) is 12.1. The van der Waals surface area contributed by atoms with Crippen LogP contribution in [0.2, 0.25) is 0 Å². The Hall–Kier alpha value is -2.04. The van der Waals surface area contributed by atoms with Gasteiger partial charge in [-0.3, -0.25) is 9.59 Å². The lowest BCUT2D eigenvalue weighted by Crippen LogP contribution is -2.46. The van der Waals surface area contributed by atoms with Gasteiger partial charge in [0, 0.05) is 13.1 Å². The summed E-state index contributed by atoms with van der Waals surface area (Å²) in [4.78, 5) is 26.1. The maximum Gasteiger partial charge on any atom is 0.308 e. The molecular formula is C20H27NO4. The molecule has 136 valence electrons. The van der Waals surface area contributed by atoms with Crippen LogP contribution in [0.5, 0.6) is 5.75 Å². The Morgan fingerprint density at radius 3 is 2.60 bits per heavy atom. The zero-order valence-electron chi connectivity index (χ0n) is 15.1. The number of methoxy groups -OCH3 is 1. The number of hydrogen-bond acceptors (Lipinski definition) is 4. The first-order valence-electron chi connectivity index (χ1n) is 9.24. The van der Waals surface area contributed by atoms with E-state index in [2.05, 4.69) is 6.07 Å². The molecule has 1 aromatic carbocycles. The van der Waals surface area contributed by atoms with E-state index in [4.69, 9.17) is 9.47 Å². The number of piperidine rings is 1. The number of esters is 1. The zero-order chi connectivity index (χ0) is 17.8. The second-order valence-corrected chi connectivity index (χ2v) is 6.98. The summed E-state index contributed by atoms with van der Waals surface area (Å²) in [6.45, 7) is 2.98. The van der Waals surface area contributed by atoms with Crippen LogP contribution in [0.1, 0.15) is 43.7 Å². The van der Waals surface area contributed by atoms with E-state index in [1.54, 1.807) is 4.90 Å². The van der Waals surface area contributed by atoms with E-state index in [9.17, 15) is 9.59 Å². The summed E-state index contributed by atoms with van der Waals surface area (Å²) >= 11 is 0. The molecular weight excluding hydrogens is 318 g/mol. The van der Waals surface area contributed by atoms with Crippen molar-refractivity contribution in [2.45, 2.75) is 51.6 Å². The second kappa shape index (κ2) is 7.89. The van der Waals surface area contributed by atoms with E-state index in [0.717, 1.165) is 18.6 Å². The van der Waals surface area contributed by atoms with Gasteiger partial charge in [-0.1, -0.05) is 12.1 Å². The van der Waals surface area contributed by atoms with E-state index in [-0.39, 0.29) is 17.8 Å². The molecule has 1 heterocycles. The van der Waals surface area contributed by atoms with Crippen LogP contribution >= 0.6 is 0 Å². The Labute approximate surface area is 149 Å². The molecule has 5 nitrogen and oxygen atoms in total. The average Bonchev–Trinajstić information content (AvgIpc) is 2.67. The molecule has 1 aliphatic carbocycles. The van der Waals surface area contributed by atoms with Crippen molar-refractivity contribution in [3.8, 4) is 5.75 Å². The number of rotatable bonds is 4. The van der Waals surface area contributed by atoms with Gasteiger partial charge in [0.2, 0.25) is 0 Å². The van der Waals surface area contributed by atoms with Crippen molar-refractivity contribution in [2.24, 2.45) is 5.92 Å². The van der Waals surface area contributed by atoms with Crippen LogP contribution in [0, 0.1) is 5.92 Å². The summed E-state index contributed by atoms with van der Waals surface area (Å²) in [5, 5.41) is 0. The molecule has 0 bridgehead atoms. The zero-order valence-corrected chi connectivity index (χ0v) is 15.1. The molecule has 2 aliphatic rings. The molecule has 1 saturated heterocycles. The smallest absolute Gasteiger partial charge is 0.308 e. The third kappa shape index (κ3) is 3.97. The number of carbonyl (C=O) groups excluding carboxylic acids is 2. The Morgan fingerprint density at radius 1 is 1.16 bits per heavy atom. The van der Waals surface area contributed by atoms with Gasteiger partial charge in [-0.15, -0.1) is 0 Å². The summed E-state index contributed by atoms with van der Waals surface area (Å²) in [6, 6.07) is 6.14. The molecule has 3 rings (SSSR count). The van der Waals surface area contributed by atoms with E-state index in [1.807, 2.05) is 19.1 Å². The second-order valence-electron chi connectivity index (χ2n) is 6.98. The molecule has 0 spiro atoms. The van der Waals surface area contributed by atoms with Gasteiger partial charge in [-0.05, 0) is 62.6 Å². The first-order valence-corrected chi connectivity index (χ1v) is 9.24. The largest absolute Gasteiger partial charge is 0.481 e. The van der Waals surface area contributed by atoms with E-state index >= 15 is 0 Å². The fraction of sp³-hybridized carbons (Fsp3) is 0.600. The number of benzene rings is 1. The minimum Gasteiger partial charge on any atom is -0.481 e. The van der Waals surface area contributed by atoms with Crippen molar-refractivity contribution in [3.63, 3.8) is 0 Å². The van der Waals surface area contributed by atoms with Crippen LogP contribution in [-0.4, -0.2) is 43.1 Å². The number of nitrogens with zero attached hydrogens (tertiary/aromatic N) is 1. The van der Waals surface area contributed by atoms with Crippen molar-refractivity contribution in [3.05, 3.63) is 29.3 Å². The van der Waals surface area contributed by atoms with Gasteiger partial charge < -0.3 is 14.4 Å². The highest BCUT2D eigenvalue weighted by Crippen LogP contribution is 2.30. The number of hydrogen-bond donors (Lipinski definition) is 0. The summed E-state index contributed by atoms with van der Waals surface area (Å²) in [6.07, 6.45) is 5.32. The molecule has 1 fully saturated rings. The molecule has 1 amide bonds. The molecule has 0 N–H and O–H groups in total. The van der Waals surface area contributed by atoms with Crippen molar-refractivity contribution in [1.82, 2.24) is 4.90 Å². The monoisotopic (exact) mass is 345 g/mol. The molecule has 0 unspecified atom stereocenters. The predicted molar refractivity (Wildman–Crippen MR) is 94.5 cm³/mol. The SMILES string of the molecule is COC(=O)C1CCN(C(=O)[C@H](C)Oc2cccc3c2CCCC3)CC1. The minimum absolute atomic E-state index is 0.00303. The van der Waals surface area contributed by atoms with Gasteiger partial charge in [-0.2, -0.15) is 0 Å². The van der Waals surface area contributed by atoms with E-state index in [0.29, 0.717) is 25.9 Å². The lowest BCUT2D eigenvalue weighted by Gasteiger charge is -2.32. The number of carbonyl (C=O) groups is 2. The maximum atomic E-state index is 12.7. The van der Waals surface area contributed by atoms with Gasteiger partial charge in [0.05, 0.1) is 13.0 Å². The lowest BCUT2D eigenvalue weighted by atomic mass is 9.91. The normalized spacial score (nSPS) is 19.0. The highest BCUT2D eigenvalue weighted by atomic mass is 16.5. The molecule has 0 saturated carbocycles. The lowest BCUT2D eigenvalue weighted by molar-refractivity contribution is -0.150. The van der Waals surface area contributed by atoms with Crippen LogP contribution in [0.3, 0.4) is 0 Å². The Balaban J connectivity index is 1.60.